The SMILES string of the molecule is COc1ccccc1-c1ccc(C[C@H]2CCCN(C(C)=O)C2)cn1. The number of methoxy groups -OCH3 is 1. The Labute approximate surface area is 143 Å². The van der Waals surface area contributed by atoms with Gasteiger partial charge in [0.1, 0.15) is 5.75 Å². The van der Waals surface area contributed by atoms with Crippen molar-refractivity contribution in [3.8, 4) is 17.0 Å². The maximum absolute atomic E-state index is 11.6. The van der Waals surface area contributed by atoms with Gasteiger partial charge in [0.15, 0.2) is 0 Å². The molecule has 2 aromatic rings. The van der Waals surface area contributed by atoms with E-state index in [1.807, 2.05) is 35.4 Å². The van der Waals surface area contributed by atoms with Gasteiger partial charge in [-0.2, -0.15) is 0 Å². The van der Waals surface area contributed by atoms with Crippen LogP contribution in [-0.4, -0.2) is 36.0 Å². The molecule has 0 saturated carbocycles. The van der Waals surface area contributed by atoms with Crippen molar-refractivity contribution in [3.63, 3.8) is 0 Å². The van der Waals surface area contributed by atoms with E-state index >= 15 is 0 Å². The van der Waals surface area contributed by atoms with Crippen LogP contribution in [-0.2, 0) is 11.2 Å². The molecule has 0 radical (unpaired) electrons. The van der Waals surface area contributed by atoms with E-state index in [4.69, 9.17) is 4.74 Å². The summed E-state index contributed by atoms with van der Waals surface area (Å²) in [6, 6.07) is 12.1. The summed E-state index contributed by atoms with van der Waals surface area (Å²) < 4.78 is 5.41. The van der Waals surface area contributed by atoms with E-state index in [1.54, 1.807) is 14.0 Å². The van der Waals surface area contributed by atoms with Crippen LogP contribution in [0.1, 0.15) is 25.3 Å². The van der Waals surface area contributed by atoms with Crippen LogP contribution in [0.4, 0.5) is 0 Å². The molecule has 1 amide bonds. The van der Waals surface area contributed by atoms with Crippen LogP contribution in [0.5, 0.6) is 5.75 Å². The molecule has 0 aliphatic carbocycles. The molecule has 0 spiro atoms. The van der Waals surface area contributed by atoms with E-state index in [0.29, 0.717) is 5.92 Å². The molecule has 3 rings (SSSR count). The number of nitrogens with zero attached hydrogens (tertiary/aromatic N) is 2. The molecule has 1 saturated heterocycles. The van der Waals surface area contributed by atoms with Crippen LogP contribution in [0.2, 0.25) is 0 Å². The molecule has 1 aliphatic heterocycles. The van der Waals surface area contributed by atoms with Crippen molar-refractivity contribution in [2.75, 3.05) is 20.2 Å². The molecule has 126 valence electrons. The number of amides is 1. The number of carbonyl (C=O) groups excluding carboxylic acids is 1. The van der Waals surface area contributed by atoms with Gasteiger partial charge in [-0.15, -0.1) is 0 Å². The first-order valence-electron chi connectivity index (χ1n) is 8.51. The lowest BCUT2D eigenvalue weighted by molar-refractivity contribution is -0.130. The zero-order chi connectivity index (χ0) is 16.9. The number of para-hydroxylation sites is 1. The molecule has 1 fully saturated rings. The lowest BCUT2D eigenvalue weighted by Gasteiger charge is -2.32. The second-order valence-corrected chi connectivity index (χ2v) is 6.43. The van der Waals surface area contributed by atoms with Crippen LogP contribution < -0.4 is 4.74 Å². The molecule has 1 aromatic carbocycles. The Hall–Kier alpha value is -2.36. The summed E-state index contributed by atoms with van der Waals surface area (Å²) in [7, 11) is 1.68. The molecule has 0 unspecified atom stereocenters. The Kier molecular flexibility index (Phi) is 5.14. The van der Waals surface area contributed by atoms with Crippen molar-refractivity contribution in [2.45, 2.75) is 26.2 Å². The van der Waals surface area contributed by atoms with Crippen molar-refractivity contribution < 1.29 is 9.53 Å². The number of rotatable bonds is 4. The summed E-state index contributed by atoms with van der Waals surface area (Å²) in [6.07, 6.45) is 5.20. The lowest BCUT2D eigenvalue weighted by atomic mass is 9.91. The minimum atomic E-state index is 0.185. The first-order valence-corrected chi connectivity index (χ1v) is 8.51. The third kappa shape index (κ3) is 3.75. The van der Waals surface area contributed by atoms with Gasteiger partial charge in [0, 0.05) is 31.8 Å². The molecule has 4 heteroatoms. The number of piperidine rings is 1. The highest BCUT2D eigenvalue weighted by molar-refractivity contribution is 5.73. The van der Waals surface area contributed by atoms with Crippen molar-refractivity contribution in [1.82, 2.24) is 9.88 Å². The number of aromatic nitrogens is 1. The summed E-state index contributed by atoms with van der Waals surface area (Å²) in [4.78, 5) is 18.1. The minimum absolute atomic E-state index is 0.185. The number of pyridine rings is 1. The van der Waals surface area contributed by atoms with Gasteiger partial charge < -0.3 is 9.64 Å². The number of hydrogen-bond acceptors (Lipinski definition) is 3. The third-order valence-corrected chi connectivity index (χ3v) is 4.70. The summed E-state index contributed by atoms with van der Waals surface area (Å²) in [5.74, 6) is 1.55. The molecule has 4 nitrogen and oxygen atoms in total. The molecule has 1 atom stereocenters. The van der Waals surface area contributed by atoms with E-state index in [9.17, 15) is 4.79 Å². The predicted molar refractivity (Wildman–Crippen MR) is 94.9 cm³/mol. The largest absolute Gasteiger partial charge is 0.496 e. The van der Waals surface area contributed by atoms with Crippen LogP contribution >= 0.6 is 0 Å². The first kappa shape index (κ1) is 16.5. The summed E-state index contributed by atoms with van der Waals surface area (Å²) in [6.45, 7) is 3.42. The zero-order valence-electron chi connectivity index (χ0n) is 14.4. The second kappa shape index (κ2) is 7.47. The molecule has 1 aliphatic rings. The topological polar surface area (TPSA) is 42.4 Å². The maximum Gasteiger partial charge on any atom is 0.219 e. The summed E-state index contributed by atoms with van der Waals surface area (Å²) in [5, 5.41) is 0. The average Bonchev–Trinajstić information content (AvgIpc) is 2.62. The average molecular weight is 324 g/mol. The number of likely N-dealkylation sites (tertiary alicyclic amines) is 1. The van der Waals surface area contributed by atoms with E-state index in [1.165, 1.54) is 12.0 Å². The quantitative estimate of drug-likeness (QED) is 0.863. The highest BCUT2D eigenvalue weighted by Gasteiger charge is 2.21. The van der Waals surface area contributed by atoms with Crippen molar-refractivity contribution in [1.29, 1.82) is 0 Å². The molecular formula is C20H24N2O2. The summed E-state index contributed by atoms with van der Waals surface area (Å²) in [5.41, 5.74) is 3.15. The van der Waals surface area contributed by atoms with Crippen LogP contribution in [0.3, 0.4) is 0 Å². The fraction of sp³-hybridized carbons (Fsp3) is 0.400. The molecule has 0 bridgehead atoms. The molecule has 2 heterocycles. The van der Waals surface area contributed by atoms with Crippen molar-refractivity contribution in [2.24, 2.45) is 5.92 Å². The Morgan fingerprint density at radius 1 is 1.29 bits per heavy atom. The molecule has 24 heavy (non-hydrogen) atoms. The highest BCUT2D eigenvalue weighted by atomic mass is 16.5. The lowest BCUT2D eigenvalue weighted by Crippen LogP contribution is -2.39. The van der Waals surface area contributed by atoms with Gasteiger partial charge in [0.25, 0.3) is 0 Å². The van der Waals surface area contributed by atoms with Gasteiger partial charge in [0.05, 0.1) is 12.8 Å². The molecular weight excluding hydrogens is 300 g/mol. The minimum Gasteiger partial charge on any atom is -0.496 e. The van der Waals surface area contributed by atoms with E-state index in [2.05, 4.69) is 17.1 Å². The fourth-order valence-electron chi connectivity index (χ4n) is 3.41. The van der Waals surface area contributed by atoms with Crippen LogP contribution in [0, 0.1) is 5.92 Å². The normalized spacial score (nSPS) is 17.6. The molecule has 0 N–H and O–H groups in total. The van der Waals surface area contributed by atoms with E-state index < -0.39 is 0 Å². The van der Waals surface area contributed by atoms with Crippen molar-refractivity contribution >= 4 is 5.91 Å². The number of benzene rings is 1. The maximum atomic E-state index is 11.6. The predicted octanol–water partition coefficient (Wildman–Crippen LogP) is 3.56. The number of hydrogen-bond donors (Lipinski definition) is 0. The van der Waals surface area contributed by atoms with Crippen molar-refractivity contribution in [3.05, 3.63) is 48.2 Å². The number of ether oxygens (including phenoxy) is 1. The van der Waals surface area contributed by atoms with E-state index in [-0.39, 0.29) is 5.91 Å². The zero-order valence-corrected chi connectivity index (χ0v) is 14.4. The van der Waals surface area contributed by atoms with Gasteiger partial charge in [-0.1, -0.05) is 18.2 Å². The van der Waals surface area contributed by atoms with E-state index in [0.717, 1.165) is 42.9 Å². The highest BCUT2D eigenvalue weighted by Crippen LogP contribution is 2.28. The smallest absolute Gasteiger partial charge is 0.219 e. The Morgan fingerprint density at radius 3 is 2.83 bits per heavy atom. The first-order chi connectivity index (χ1) is 11.7. The van der Waals surface area contributed by atoms with Crippen LogP contribution in [0.25, 0.3) is 11.3 Å². The Balaban J connectivity index is 1.70. The molecule has 1 aromatic heterocycles. The third-order valence-electron chi connectivity index (χ3n) is 4.70. The summed E-state index contributed by atoms with van der Waals surface area (Å²) >= 11 is 0. The second-order valence-electron chi connectivity index (χ2n) is 6.43. The number of carbonyl (C=O) groups is 1. The van der Waals surface area contributed by atoms with Gasteiger partial charge in [-0.3, -0.25) is 9.78 Å². The monoisotopic (exact) mass is 324 g/mol. The van der Waals surface area contributed by atoms with Gasteiger partial charge >= 0.3 is 0 Å². The Morgan fingerprint density at radius 2 is 2.12 bits per heavy atom. The van der Waals surface area contributed by atoms with Gasteiger partial charge in [-0.05, 0) is 48.9 Å². The standard InChI is InChI=1S/C20H24N2O2/c1-15(23)22-11-5-6-17(14-22)12-16-9-10-19(21-13-16)18-7-3-4-8-20(18)24-2/h3-4,7-10,13,17H,5-6,11-12,14H2,1-2H3/t17-/m1/s1. The van der Waals surface area contributed by atoms with Gasteiger partial charge in [-0.25, -0.2) is 0 Å². The Bertz CT molecular complexity index is 697. The van der Waals surface area contributed by atoms with Crippen LogP contribution in [0.15, 0.2) is 42.6 Å². The van der Waals surface area contributed by atoms with Gasteiger partial charge in [0.2, 0.25) is 5.91 Å². The fourth-order valence-corrected chi connectivity index (χ4v) is 3.41.